The first kappa shape index (κ1) is 23.5. The number of imidazole rings is 1. The van der Waals surface area contributed by atoms with Gasteiger partial charge in [-0.1, -0.05) is 12.5 Å². The molecule has 1 amide bonds. The molecule has 36 heavy (non-hydrogen) atoms. The fourth-order valence-corrected chi connectivity index (χ4v) is 5.00. The van der Waals surface area contributed by atoms with E-state index in [2.05, 4.69) is 44.9 Å². The van der Waals surface area contributed by atoms with Crippen LogP contribution < -0.4 is 5.73 Å². The third-order valence-electron chi connectivity index (χ3n) is 6.65. The normalized spacial score (nSPS) is 17.5. The van der Waals surface area contributed by atoms with Crippen molar-refractivity contribution in [1.29, 1.82) is 0 Å². The lowest BCUT2D eigenvalue weighted by atomic mass is 10.2. The Labute approximate surface area is 208 Å². The number of carbonyl (C=O) groups excluding carboxylic acids is 1. The van der Waals surface area contributed by atoms with E-state index in [-0.39, 0.29) is 18.0 Å². The summed E-state index contributed by atoms with van der Waals surface area (Å²) < 4.78 is 9.32. The number of nitrogens with two attached hydrogens (primary N) is 1. The SMILES string of the molecule is C=CC(=O)N1C[C@@H](n2nc(C#Cc3ccc4c(c3)nc(C)n4CC)c3c(N)ncnc32)C[C@@H]1COC. The van der Waals surface area contributed by atoms with Gasteiger partial charge in [-0.3, -0.25) is 4.79 Å². The number of hydrogen-bond donors (Lipinski definition) is 1. The summed E-state index contributed by atoms with van der Waals surface area (Å²) in [4.78, 5) is 27.5. The average molecular weight is 485 g/mol. The number of benzene rings is 1. The van der Waals surface area contributed by atoms with E-state index < -0.39 is 0 Å². The predicted octanol–water partition coefficient (Wildman–Crippen LogP) is 2.46. The number of anilines is 1. The van der Waals surface area contributed by atoms with Crippen LogP contribution in [0.4, 0.5) is 5.82 Å². The van der Waals surface area contributed by atoms with Crippen molar-refractivity contribution in [2.75, 3.05) is 26.0 Å². The van der Waals surface area contributed by atoms with Crippen LogP contribution in [0, 0.1) is 18.8 Å². The fourth-order valence-electron chi connectivity index (χ4n) is 5.00. The number of methoxy groups -OCH3 is 1. The molecule has 0 spiro atoms. The van der Waals surface area contributed by atoms with Crippen molar-refractivity contribution in [2.45, 2.75) is 38.9 Å². The van der Waals surface area contributed by atoms with Gasteiger partial charge in [-0.05, 0) is 50.5 Å². The van der Waals surface area contributed by atoms with Crippen molar-refractivity contribution in [1.82, 2.24) is 34.2 Å². The molecule has 10 nitrogen and oxygen atoms in total. The van der Waals surface area contributed by atoms with E-state index in [1.807, 2.05) is 29.8 Å². The molecule has 0 radical (unpaired) electrons. The Kier molecular flexibility index (Phi) is 6.16. The number of aromatic nitrogens is 6. The highest BCUT2D eigenvalue weighted by atomic mass is 16.5. The van der Waals surface area contributed by atoms with Gasteiger partial charge in [0, 0.05) is 25.8 Å². The molecule has 2 N–H and O–H groups in total. The molecule has 5 rings (SSSR count). The minimum atomic E-state index is -0.138. The molecular formula is C26H28N8O2. The van der Waals surface area contributed by atoms with Crippen LogP contribution in [-0.4, -0.2) is 66.4 Å². The molecule has 0 aliphatic carbocycles. The molecule has 2 atom stereocenters. The molecule has 3 aromatic heterocycles. The van der Waals surface area contributed by atoms with Crippen LogP contribution in [0.2, 0.25) is 0 Å². The summed E-state index contributed by atoms with van der Waals surface area (Å²) >= 11 is 0. The number of aryl methyl sites for hydroxylation is 2. The molecular weight excluding hydrogens is 456 g/mol. The van der Waals surface area contributed by atoms with E-state index in [9.17, 15) is 4.79 Å². The van der Waals surface area contributed by atoms with Crippen LogP contribution in [-0.2, 0) is 16.1 Å². The van der Waals surface area contributed by atoms with Gasteiger partial charge in [0.25, 0.3) is 0 Å². The minimum absolute atomic E-state index is 0.0865. The predicted molar refractivity (Wildman–Crippen MR) is 137 cm³/mol. The van der Waals surface area contributed by atoms with Gasteiger partial charge in [0.15, 0.2) is 5.65 Å². The third-order valence-corrected chi connectivity index (χ3v) is 6.65. The van der Waals surface area contributed by atoms with Crippen LogP contribution in [0.15, 0.2) is 37.2 Å². The molecule has 10 heteroatoms. The monoisotopic (exact) mass is 484 g/mol. The maximum atomic E-state index is 12.4. The summed E-state index contributed by atoms with van der Waals surface area (Å²) in [5, 5.41) is 5.40. The number of carbonyl (C=O) groups is 1. The highest BCUT2D eigenvalue weighted by Gasteiger charge is 2.37. The maximum absolute atomic E-state index is 12.4. The zero-order chi connectivity index (χ0) is 25.4. The molecule has 4 aromatic rings. The summed E-state index contributed by atoms with van der Waals surface area (Å²) in [6.07, 6.45) is 3.41. The smallest absolute Gasteiger partial charge is 0.246 e. The van der Waals surface area contributed by atoms with Gasteiger partial charge < -0.3 is 19.9 Å². The lowest BCUT2D eigenvalue weighted by molar-refractivity contribution is -0.127. The topological polar surface area (TPSA) is 117 Å². The van der Waals surface area contributed by atoms with E-state index in [0.29, 0.717) is 42.1 Å². The van der Waals surface area contributed by atoms with Crippen LogP contribution in [0.3, 0.4) is 0 Å². The highest BCUT2D eigenvalue weighted by Crippen LogP contribution is 2.32. The molecule has 1 aliphatic rings. The second-order valence-electron chi connectivity index (χ2n) is 8.80. The number of rotatable bonds is 5. The standard InChI is InChI=1S/C26H28N8O2/c1-5-23(35)33-13-18(12-19(33)14-36-4)34-26-24(25(27)28-15-29-26)20(31-34)9-7-17-8-10-22-21(11-17)30-16(3)32(22)6-2/h5,8,10-11,15,18-19H,1,6,12-14H2,2-4H3,(H2,27,28,29)/t18-,19+/m0/s1. The first-order valence-electron chi connectivity index (χ1n) is 11.8. The minimum Gasteiger partial charge on any atom is -0.383 e. The third kappa shape index (κ3) is 3.97. The number of hydrogen-bond acceptors (Lipinski definition) is 7. The number of fused-ring (bicyclic) bond motifs is 2. The number of amides is 1. The Morgan fingerprint density at radius 1 is 1.33 bits per heavy atom. The van der Waals surface area contributed by atoms with Gasteiger partial charge in [-0.15, -0.1) is 0 Å². The van der Waals surface area contributed by atoms with E-state index in [1.54, 1.807) is 12.0 Å². The van der Waals surface area contributed by atoms with E-state index in [0.717, 1.165) is 29.0 Å². The number of nitrogens with zero attached hydrogens (tertiary/aromatic N) is 7. The van der Waals surface area contributed by atoms with Crippen molar-refractivity contribution >= 4 is 33.8 Å². The van der Waals surface area contributed by atoms with Gasteiger partial charge in [0.05, 0.1) is 35.1 Å². The zero-order valence-corrected chi connectivity index (χ0v) is 20.6. The lowest BCUT2D eigenvalue weighted by Crippen LogP contribution is -2.37. The summed E-state index contributed by atoms with van der Waals surface area (Å²) in [6.45, 7) is 9.48. The number of likely N-dealkylation sites (tertiary alicyclic amines) is 1. The average Bonchev–Trinajstić information content (AvgIpc) is 3.55. The summed E-state index contributed by atoms with van der Waals surface area (Å²) in [6, 6.07) is 5.80. The quantitative estimate of drug-likeness (QED) is 0.342. The van der Waals surface area contributed by atoms with Crippen molar-refractivity contribution < 1.29 is 9.53 Å². The zero-order valence-electron chi connectivity index (χ0n) is 20.6. The van der Waals surface area contributed by atoms with Crippen LogP contribution >= 0.6 is 0 Å². The first-order valence-corrected chi connectivity index (χ1v) is 11.8. The van der Waals surface area contributed by atoms with E-state index in [4.69, 9.17) is 15.6 Å². The van der Waals surface area contributed by atoms with Gasteiger partial charge in [0.2, 0.25) is 5.91 Å². The second-order valence-corrected chi connectivity index (χ2v) is 8.80. The van der Waals surface area contributed by atoms with Crippen LogP contribution in [0.5, 0.6) is 0 Å². The summed E-state index contributed by atoms with van der Waals surface area (Å²) in [5.74, 6) is 7.52. The molecule has 1 saturated heterocycles. The molecule has 1 aromatic carbocycles. The van der Waals surface area contributed by atoms with Gasteiger partial charge in [0.1, 0.15) is 23.7 Å². The maximum Gasteiger partial charge on any atom is 0.246 e. The van der Waals surface area contributed by atoms with E-state index >= 15 is 0 Å². The van der Waals surface area contributed by atoms with Crippen molar-refractivity contribution in [2.24, 2.45) is 0 Å². The van der Waals surface area contributed by atoms with Crippen LogP contribution in [0.25, 0.3) is 22.1 Å². The Balaban J connectivity index is 1.54. The molecule has 0 saturated carbocycles. The van der Waals surface area contributed by atoms with Gasteiger partial charge in [-0.2, -0.15) is 5.10 Å². The molecule has 0 bridgehead atoms. The Bertz CT molecular complexity index is 1540. The van der Waals surface area contributed by atoms with Gasteiger partial charge in [-0.25, -0.2) is 19.6 Å². The van der Waals surface area contributed by atoms with Crippen LogP contribution in [0.1, 0.15) is 36.5 Å². The first-order chi connectivity index (χ1) is 17.4. The Hall–Kier alpha value is -4.23. The van der Waals surface area contributed by atoms with Gasteiger partial charge >= 0.3 is 0 Å². The molecule has 0 unspecified atom stereocenters. The molecule has 1 fully saturated rings. The second kappa shape index (κ2) is 9.43. The Morgan fingerprint density at radius 2 is 2.17 bits per heavy atom. The van der Waals surface area contributed by atoms with Crippen molar-refractivity contribution in [3.05, 3.63) is 54.3 Å². The summed E-state index contributed by atoms with van der Waals surface area (Å²) in [7, 11) is 1.63. The van der Waals surface area contributed by atoms with E-state index in [1.165, 1.54) is 12.4 Å². The lowest BCUT2D eigenvalue weighted by Gasteiger charge is -2.22. The van der Waals surface area contributed by atoms with Crippen molar-refractivity contribution in [3.63, 3.8) is 0 Å². The summed E-state index contributed by atoms with van der Waals surface area (Å²) in [5.41, 5.74) is 10.1. The molecule has 184 valence electrons. The largest absolute Gasteiger partial charge is 0.383 e. The van der Waals surface area contributed by atoms with Crippen molar-refractivity contribution in [3.8, 4) is 11.8 Å². The number of ether oxygens (including phenoxy) is 1. The Morgan fingerprint density at radius 3 is 2.92 bits per heavy atom. The molecule has 1 aliphatic heterocycles. The fraction of sp³-hybridized carbons (Fsp3) is 0.346. The number of nitrogen functional groups attached to an aromatic ring is 1. The highest BCUT2D eigenvalue weighted by molar-refractivity contribution is 5.91. The molecule has 4 heterocycles.